The molecule has 116 valence electrons. The molecule has 2 aromatic rings. The van der Waals surface area contributed by atoms with E-state index in [0.717, 1.165) is 5.56 Å². The highest BCUT2D eigenvalue weighted by molar-refractivity contribution is 7.89. The van der Waals surface area contributed by atoms with Gasteiger partial charge in [0.1, 0.15) is 0 Å². The molecule has 0 amide bonds. The summed E-state index contributed by atoms with van der Waals surface area (Å²) in [5, 5.41) is 12.0. The molecule has 4 N–H and O–H groups in total. The van der Waals surface area contributed by atoms with E-state index < -0.39 is 10.0 Å². The number of thiocarbonyl (C=S) groups is 1. The van der Waals surface area contributed by atoms with Crippen LogP contribution in [0.3, 0.4) is 0 Å². The van der Waals surface area contributed by atoms with Crippen LogP contribution in [-0.4, -0.2) is 13.5 Å². The van der Waals surface area contributed by atoms with Gasteiger partial charge in [-0.1, -0.05) is 35.9 Å². The van der Waals surface area contributed by atoms with Crippen LogP contribution < -0.4 is 15.8 Å². The van der Waals surface area contributed by atoms with Gasteiger partial charge >= 0.3 is 0 Å². The van der Waals surface area contributed by atoms with Crippen molar-refractivity contribution < 1.29 is 8.42 Å². The lowest BCUT2D eigenvalue weighted by Crippen LogP contribution is -2.28. The van der Waals surface area contributed by atoms with Crippen LogP contribution in [0.2, 0.25) is 5.02 Å². The van der Waals surface area contributed by atoms with Gasteiger partial charge in [0.2, 0.25) is 10.0 Å². The zero-order valence-corrected chi connectivity index (χ0v) is 13.8. The molecule has 0 saturated heterocycles. The topological polar surface area (TPSA) is 84.2 Å². The molecule has 2 rings (SSSR count). The smallest absolute Gasteiger partial charge is 0.238 e. The molecule has 0 aliphatic rings. The quantitative estimate of drug-likeness (QED) is 0.734. The number of sulfonamides is 1. The molecule has 2 aromatic carbocycles. The SMILES string of the molecule is NS(=O)(=O)c1ccc(CNC(=S)Nc2ccccc2Cl)cc1. The van der Waals surface area contributed by atoms with Gasteiger partial charge in [-0.3, -0.25) is 0 Å². The van der Waals surface area contributed by atoms with Crippen molar-refractivity contribution >= 4 is 44.6 Å². The maximum absolute atomic E-state index is 11.2. The van der Waals surface area contributed by atoms with Crippen LogP contribution in [0.5, 0.6) is 0 Å². The van der Waals surface area contributed by atoms with Gasteiger partial charge in [0, 0.05) is 6.54 Å². The lowest BCUT2D eigenvalue weighted by atomic mass is 10.2. The minimum Gasteiger partial charge on any atom is -0.358 e. The zero-order valence-electron chi connectivity index (χ0n) is 11.4. The number of nitrogens with two attached hydrogens (primary N) is 1. The second-order valence-electron chi connectivity index (χ2n) is 4.48. The summed E-state index contributed by atoms with van der Waals surface area (Å²) in [6.07, 6.45) is 0. The Labute approximate surface area is 139 Å². The Morgan fingerprint density at radius 3 is 2.36 bits per heavy atom. The van der Waals surface area contributed by atoms with Gasteiger partial charge in [-0.25, -0.2) is 13.6 Å². The Hall–Kier alpha value is -1.67. The van der Waals surface area contributed by atoms with Crippen molar-refractivity contribution in [3.63, 3.8) is 0 Å². The molecule has 0 aliphatic heterocycles. The van der Waals surface area contributed by atoms with Crippen molar-refractivity contribution in [3.05, 3.63) is 59.1 Å². The van der Waals surface area contributed by atoms with Crippen molar-refractivity contribution in [1.29, 1.82) is 0 Å². The Balaban J connectivity index is 1.93. The molecular weight excluding hydrogens is 342 g/mol. The van der Waals surface area contributed by atoms with Crippen molar-refractivity contribution in [2.75, 3.05) is 5.32 Å². The fourth-order valence-corrected chi connectivity index (χ4v) is 2.59. The minimum atomic E-state index is -3.67. The number of hydrogen-bond acceptors (Lipinski definition) is 3. The third-order valence-corrected chi connectivity index (χ3v) is 4.33. The summed E-state index contributed by atoms with van der Waals surface area (Å²) in [6, 6.07) is 13.5. The van der Waals surface area contributed by atoms with Crippen LogP contribution in [0.4, 0.5) is 5.69 Å². The van der Waals surface area contributed by atoms with Crippen LogP contribution in [0.1, 0.15) is 5.56 Å². The standard InChI is InChI=1S/C14H14ClN3O2S2/c15-12-3-1-2-4-13(12)18-14(21)17-9-10-5-7-11(8-6-10)22(16,19)20/h1-8H,9H2,(H2,16,19,20)(H2,17,18,21). The van der Waals surface area contributed by atoms with Crippen molar-refractivity contribution in [1.82, 2.24) is 5.32 Å². The van der Waals surface area contributed by atoms with E-state index in [1.165, 1.54) is 12.1 Å². The van der Waals surface area contributed by atoms with E-state index in [4.69, 9.17) is 29.0 Å². The molecule has 0 saturated carbocycles. The highest BCUT2D eigenvalue weighted by Crippen LogP contribution is 2.20. The van der Waals surface area contributed by atoms with Crippen LogP contribution in [0.25, 0.3) is 0 Å². The second-order valence-corrected chi connectivity index (χ2v) is 6.85. The van der Waals surface area contributed by atoms with Crippen molar-refractivity contribution in [2.45, 2.75) is 11.4 Å². The first-order chi connectivity index (χ1) is 10.4. The first-order valence-electron chi connectivity index (χ1n) is 6.27. The molecule has 0 bridgehead atoms. The van der Waals surface area contributed by atoms with E-state index in [-0.39, 0.29) is 4.90 Å². The van der Waals surface area contributed by atoms with Crippen LogP contribution in [0, 0.1) is 0 Å². The molecule has 0 unspecified atom stereocenters. The average molecular weight is 356 g/mol. The number of nitrogens with one attached hydrogen (secondary N) is 2. The van der Waals surface area contributed by atoms with Crippen LogP contribution in [-0.2, 0) is 16.6 Å². The van der Waals surface area contributed by atoms with Gasteiger partial charge in [0.05, 0.1) is 15.6 Å². The molecule has 22 heavy (non-hydrogen) atoms. The first-order valence-corrected chi connectivity index (χ1v) is 8.60. The third-order valence-electron chi connectivity index (χ3n) is 2.83. The highest BCUT2D eigenvalue weighted by atomic mass is 35.5. The van der Waals surface area contributed by atoms with Crippen molar-refractivity contribution in [2.24, 2.45) is 5.14 Å². The summed E-state index contributed by atoms with van der Waals surface area (Å²) >= 11 is 11.2. The molecule has 5 nitrogen and oxygen atoms in total. The van der Waals surface area contributed by atoms with E-state index in [0.29, 0.717) is 22.4 Å². The molecule has 0 spiro atoms. The summed E-state index contributed by atoms with van der Waals surface area (Å²) in [5.74, 6) is 0. The van der Waals surface area contributed by atoms with Crippen LogP contribution in [0.15, 0.2) is 53.4 Å². The fraction of sp³-hybridized carbons (Fsp3) is 0.0714. The number of halogens is 1. The molecule has 8 heteroatoms. The van der Waals surface area contributed by atoms with Crippen molar-refractivity contribution in [3.8, 4) is 0 Å². The number of hydrogen-bond donors (Lipinski definition) is 3. The van der Waals surface area contributed by atoms with E-state index in [1.54, 1.807) is 18.2 Å². The van der Waals surface area contributed by atoms with Crippen LogP contribution >= 0.6 is 23.8 Å². The Kier molecular flexibility index (Phi) is 5.36. The third kappa shape index (κ3) is 4.67. The molecule has 0 aromatic heterocycles. The molecule has 0 heterocycles. The normalized spacial score (nSPS) is 11.0. The van der Waals surface area contributed by atoms with E-state index in [1.807, 2.05) is 18.2 Å². The predicted octanol–water partition coefficient (Wildman–Crippen LogP) is 2.47. The highest BCUT2D eigenvalue weighted by Gasteiger charge is 2.07. The number of primary sulfonamides is 1. The molecule has 0 aliphatic carbocycles. The monoisotopic (exact) mass is 355 g/mol. The number of benzene rings is 2. The predicted molar refractivity (Wildman–Crippen MR) is 92.3 cm³/mol. The lowest BCUT2D eigenvalue weighted by molar-refractivity contribution is 0.597. The summed E-state index contributed by atoms with van der Waals surface area (Å²) in [5.41, 5.74) is 1.59. The summed E-state index contributed by atoms with van der Waals surface area (Å²) in [7, 11) is -3.67. The van der Waals surface area contributed by atoms with Gasteiger partial charge in [0.25, 0.3) is 0 Å². The van der Waals surface area contributed by atoms with E-state index in [2.05, 4.69) is 10.6 Å². The number of rotatable bonds is 4. The fourth-order valence-electron chi connectivity index (χ4n) is 1.71. The first kappa shape index (κ1) is 16.7. The zero-order chi connectivity index (χ0) is 16.2. The molecule has 0 atom stereocenters. The van der Waals surface area contributed by atoms with Gasteiger partial charge in [0.15, 0.2) is 5.11 Å². The summed E-state index contributed by atoms with van der Waals surface area (Å²) in [4.78, 5) is 0.0769. The van der Waals surface area contributed by atoms with Gasteiger partial charge in [-0.2, -0.15) is 0 Å². The summed E-state index contributed by atoms with van der Waals surface area (Å²) in [6.45, 7) is 0.446. The van der Waals surface area contributed by atoms with Gasteiger partial charge < -0.3 is 10.6 Å². The molecule has 0 radical (unpaired) electrons. The second kappa shape index (κ2) is 7.06. The Bertz CT molecular complexity index is 777. The summed E-state index contributed by atoms with van der Waals surface area (Å²) < 4.78 is 22.3. The molecule has 0 fully saturated rings. The van der Waals surface area contributed by atoms with E-state index in [9.17, 15) is 8.42 Å². The number of para-hydroxylation sites is 1. The lowest BCUT2D eigenvalue weighted by Gasteiger charge is -2.11. The largest absolute Gasteiger partial charge is 0.358 e. The minimum absolute atomic E-state index is 0.0769. The Morgan fingerprint density at radius 2 is 1.77 bits per heavy atom. The maximum atomic E-state index is 11.2. The Morgan fingerprint density at radius 1 is 1.14 bits per heavy atom. The maximum Gasteiger partial charge on any atom is 0.238 e. The average Bonchev–Trinajstić information content (AvgIpc) is 2.47. The van der Waals surface area contributed by atoms with E-state index >= 15 is 0 Å². The van der Waals surface area contributed by atoms with Gasteiger partial charge in [-0.05, 0) is 42.0 Å². The number of anilines is 1. The van der Waals surface area contributed by atoms with Gasteiger partial charge in [-0.15, -0.1) is 0 Å². The molecular formula is C14H14ClN3O2S2.